The Morgan fingerprint density at radius 2 is 1.97 bits per heavy atom. The van der Waals surface area contributed by atoms with Crippen LogP contribution in [-0.4, -0.2) is 53.7 Å². The third-order valence-electron chi connectivity index (χ3n) is 6.17. The first-order valence-corrected chi connectivity index (χ1v) is 13.1. The predicted molar refractivity (Wildman–Crippen MR) is 136 cm³/mol. The quantitative estimate of drug-likeness (QED) is 0.326. The Kier molecular flexibility index (Phi) is 8.22. The van der Waals surface area contributed by atoms with Gasteiger partial charge in [-0.15, -0.1) is 11.3 Å². The molecule has 0 unspecified atom stereocenters. The van der Waals surface area contributed by atoms with Gasteiger partial charge in [0, 0.05) is 37.6 Å². The van der Waals surface area contributed by atoms with Gasteiger partial charge in [0.1, 0.15) is 10.8 Å². The van der Waals surface area contributed by atoms with Crippen molar-refractivity contribution < 1.29 is 13.9 Å². The van der Waals surface area contributed by atoms with E-state index in [1.54, 1.807) is 23.5 Å². The lowest BCUT2D eigenvalue weighted by molar-refractivity contribution is 0.0527. The van der Waals surface area contributed by atoms with Crippen molar-refractivity contribution in [3.05, 3.63) is 50.6 Å². The normalized spacial score (nSPS) is 16.8. The van der Waals surface area contributed by atoms with Crippen LogP contribution in [0.2, 0.25) is 5.02 Å². The Balaban J connectivity index is 1.39. The number of thiophene rings is 1. The van der Waals surface area contributed by atoms with Gasteiger partial charge in [-0.25, -0.2) is 9.18 Å². The first-order valence-electron chi connectivity index (χ1n) is 11.5. The van der Waals surface area contributed by atoms with Crippen molar-refractivity contribution in [2.45, 2.75) is 45.6 Å². The van der Waals surface area contributed by atoms with Gasteiger partial charge in [0.25, 0.3) is 0 Å². The van der Waals surface area contributed by atoms with Crippen molar-refractivity contribution in [3.8, 4) is 0 Å². The number of anilines is 1. The number of ether oxygens (including phenoxy) is 1. The van der Waals surface area contributed by atoms with Crippen LogP contribution < -0.4 is 5.32 Å². The molecular formula is C24H29ClFN3O2S2. The molecule has 1 aliphatic carbocycles. The number of hydrogen-bond acceptors (Lipinski definition) is 5. The number of hydrogen-bond donors (Lipinski definition) is 1. The second-order valence-corrected chi connectivity index (χ2v) is 10.3. The molecule has 2 aromatic rings. The molecule has 1 fully saturated rings. The van der Waals surface area contributed by atoms with Gasteiger partial charge in [0.05, 0.1) is 17.2 Å². The number of fused-ring (bicyclic) bond motifs is 1. The lowest BCUT2D eigenvalue weighted by atomic mass is 10.1. The van der Waals surface area contributed by atoms with E-state index < -0.39 is 5.82 Å². The van der Waals surface area contributed by atoms with E-state index in [1.165, 1.54) is 17.4 Å². The molecule has 0 atom stereocenters. The van der Waals surface area contributed by atoms with Crippen LogP contribution in [0.15, 0.2) is 18.2 Å². The first kappa shape index (κ1) is 24.4. The number of carbonyl (C=O) groups is 1. The molecule has 0 spiro atoms. The molecular weight excluding hydrogens is 481 g/mol. The second-order valence-electron chi connectivity index (χ2n) is 8.43. The number of aryl methyl sites for hydroxylation is 1. The monoisotopic (exact) mass is 509 g/mol. The lowest BCUT2D eigenvalue weighted by Gasteiger charge is -2.36. The fourth-order valence-corrected chi connectivity index (χ4v) is 6.26. The topological polar surface area (TPSA) is 44.8 Å². The third kappa shape index (κ3) is 5.85. The molecule has 33 heavy (non-hydrogen) atoms. The number of halogens is 2. The number of esters is 1. The van der Waals surface area contributed by atoms with Crippen molar-refractivity contribution >= 4 is 51.2 Å². The average molecular weight is 510 g/mol. The zero-order valence-corrected chi connectivity index (χ0v) is 21.2. The van der Waals surface area contributed by atoms with E-state index >= 15 is 0 Å². The maximum Gasteiger partial charge on any atom is 0.341 e. The van der Waals surface area contributed by atoms with Gasteiger partial charge >= 0.3 is 5.97 Å². The van der Waals surface area contributed by atoms with Crippen LogP contribution in [0.4, 0.5) is 9.39 Å². The van der Waals surface area contributed by atoms with Gasteiger partial charge in [-0.3, -0.25) is 4.90 Å². The zero-order chi connectivity index (χ0) is 23.4. The van der Waals surface area contributed by atoms with Gasteiger partial charge in [-0.1, -0.05) is 24.1 Å². The Bertz CT molecular complexity index is 1020. The van der Waals surface area contributed by atoms with Crippen LogP contribution in [0, 0.1) is 5.82 Å². The maximum absolute atomic E-state index is 13.4. The minimum absolute atomic E-state index is 0.156. The smallest absolute Gasteiger partial charge is 0.341 e. The summed E-state index contributed by atoms with van der Waals surface area (Å²) in [5, 5.41) is 4.98. The van der Waals surface area contributed by atoms with Crippen LogP contribution in [-0.2, 0) is 24.1 Å². The summed E-state index contributed by atoms with van der Waals surface area (Å²) < 4.78 is 18.8. The largest absolute Gasteiger partial charge is 0.462 e. The number of nitrogens with zero attached hydrogens (tertiary/aromatic N) is 2. The van der Waals surface area contributed by atoms with Crippen LogP contribution >= 0.6 is 35.2 Å². The number of nitrogens with one attached hydrogen (secondary N) is 1. The van der Waals surface area contributed by atoms with E-state index in [1.807, 2.05) is 6.92 Å². The summed E-state index contributed by atoms with van der Waals surface area (Å²) in [5.74, 6) is -0.653. The van der Waals surface area contributed by atoms with E-state index in [-0.39, 0.29) is 11.0 Å². The van der Waals surface area contributed by atoms with E-state index in [4.69, 9.17) is 28.6 Å². The highest BCUT2D eigenvalue weighted by Gasteiger charge is 2.27. The van der Waals surface area contributed by atoms with Crippen LogP contribution in [0.1, 0.15) is 52.5 Å². The molecule has 1 N–H and O–H groups in total. The van der Waals surface area contributed by atoms with E-state index in [9.17, 15) is 9.18 Å². The fraction of sp³-hybridized carbons (Fsp3) is 0.500. The summed E-state index contributed by atoms with van der Waals surface area (Å²) in [6.45, 7) is 6.14. The molecule has 1 saturated heterocycles. The van der Waals surface area contributed by atoms with Crippen molar-refractivity contribution in [2.75, 3.05) is 38.1 Å². The molecule has 1 aromatic heterocycles. The molecule has 5 nitrogen and oxygen atoms in total. The molecule has 4 rings (SSSR count). The molecule has 0 saturated carbocycles. The van der Waals surface area contributed by atoms with Gasteiger partial charge in [-0.05, 0) is 68.1 Å². The Hall–Kier alpha value is -1.74. The minimum atomic E-state index is -0.394. The first-order chi connectivity index (χ1) is 16.0. The number of rotatable bonds is 5. The maximum atomic E-state index is 13.4. The van der Waals surface area contributed by atoms with E-state index in [2.05, 4.69) is 15.1 Å². The summed E-state index contributed by atoms with van der Waals surface area (Å²) in [6, 6.07) is 4.88. The molecule has 1 aliphatic heterocycles. The molecule has 9 heteroatoms. The summed E-state index contributed by atoms with van der Waals surface area (Å²) in [7, 11) is 0. The molecule has 0 amide bonds. The standard InChI is InChI=1S/C24H29ClFN3O2S2/c1-2-31-23(30)21-17-6-4-3-5-7-20(17)33-22(21)27-24(32)29-12-10-28(11-13-29)15-16-8-9-19(26)18(25)14-16/h8-9,14H,2-7,10-13,15H2,1H3,(H,27,32). The average Bonchev–Trinajstić information content (AvgIpc) is 2.97. The van der Waals surface area contributed by atoms with Crippen LogP contribution in [0.3, 0.4) is 0 Å². The summed E-state index contributed by atoms with van der Waals surface area (Å²) in [5.41, 5.74) is 2.81. The molecule has 2 aliphatic rings. The summed E-state index contributed by atoms with van der Waals surface area (Å²) in [4.78, 5) is 18.5. The second kappa shape index (κ2) is 11.1. The molecule has 0 radical (unpaired) electrons. The molecule has 2 heterocycles. The van der Waals surface area contributed by atoms with Gasteiger partial charge in [0.2, 0.25) is 0 Å². The molecule has 178 valence electrons. The Morgan fingerprint density at radius 3 is 2.70 bits per heavy atom. The van der Waals surface area contributed by atoms with Crippen molar-refractivity contribution in [2.24, 2.45) is 0 Å². The number of piperazine rings is 1. The highest BCUT2D eigenvalue weighted by atomic mass is 35.5. The van der Waals surface area contributed by atoms with Gasteiger partial charge < -0.3 is 15.0 Å². The van der Waals surface area contributed by atoms with Crippen LogP contribution in [0.5, 0.6) is 0 Å². The lowest BCUT2D eigenvalue weighted by Crippen LogP contribution is -2.49. The van der Waals surface area contributed by atoms with Crippen molar-refractivity contribution in [1.29, 1.82) is 0 Å². The fourth-order valence-electron chi connectivity index (χ4n) is 4.43. The number of thiocarbonyl (C=S) groups is 1. The van der Waals surface area contributed by atoms with Crippen LogP contribution in [0.25, 0.3) is 0 Å². The van der Waals surface area contributed by atoms with Crippen molar-refractivity contribution in [3.63, 3.8) is 0 Å². The molecule has 1 aromatic carbocycles. The highest BCUT2D eigenvalue weighted by Crippen LogP contribution is 2.38. The zero-order valence-electron chi connectivity index (χ0n) is 18.8. The third-order valence-corrected chi connectivity index (χ3v) is 8.03. The number of benzene rings is 1. The minimum Gasteiger partial charge on any atom is -0.462 e. The van der Waals surface area contributed by atoms with Crippen molar-refractivity contribution in [1.82, 2.24) is 9.80 Å². The van der Waals surface area contributed by atoms with Gasteiger partial charge in [-0.2, -0.15) is 0 Å². The SMILES string of the molecule is CCOC(=O)c1c(NC(=S)N2CCN(Cc3ccc(F)c(Cl)c3)CC2)sc2c1CCCCC2. The summed E-state index contributed by atoms with van der Waals surface area (Å²) >= 11 is 13.3. The Morgan fingerprint density at radius 1 is 1.21 bits per heavy atom. The predicted octanol–water partition coefficient (Wildman–Crippen LogP) is 5.50. The highest BCUT2D eigenvalue weighted by molar-refractivity contribution is 7.80. The van der Waals surface area contributed by atoms with Gasteiger partial charge in [0.15, 0.2) is 5.11 Å². The van der Waals surface area contributed by atoms with E-state index in [0.717, 1.165) is 74.5 Å². The number of carbonyl (C=O) groups excluding carboxylic acids is 1. The van der Waals surface area contributed by atoms with E-state index in [0.29, 0.717) is 17.3 Å². The Labute approximate surface area is 208 Å². The molecule has 0 bridgehead atoms. The summed E-state index contributed by atoms with van der Waals surface area (Å²) in [6.07, 6.45) is 5.37.